The van der Waals surface area contributed by atoms with E-state index in [1.54, 1.807) is 0 Å². The summed E-state index contributed by atoms with van der Waals surface area (Å²) in [6.07, 6.45) is 0. The molecule has 1 radical (unpaired) electrons. The van der Waals surface area contributed by atoms with Crippen molar-refractivity contribution in [2.45, 2.75) is 38.9 Å². The van der Waals surface area contributed by atoms with Crippen LogP contribution < -0.4 is 17.0 Å². The van der Waals surface area contributed by atoms with Crippen molar-refractivity contribution >= 4 is 31.8 Å². The molecule has 0 rings (SSSR count). The molecule has 0 aromatic carbocycles. The maximum Gasteiger partial charge on any atom is 2.00 e. The van der Waals surface area contributed by atoms with Crippen molar-refractivity contribution in [3.05, 3.63) is 7.43 Å². The Morgan fingerprint density at radius 1 is 0.900 bits per heavy atom. The summed E-state index contributed by atoms with van der Waals surface area (Å²) in [5.74, 6) is 0. The molecule has 59 valence electrons. The fraction of sp³-hybridized carbons (Fsp3) is 0.857. The number of hydrogen-bond donors (Lipinski definition) is 0. The molecule has 0 bridgehead atoms. The zero-order valence-corrected chi connectivity index (χ0v) is 11.7. The van der Waals surface area contributed by atoms with Gasteiger partial charge >= 0.3 is 23.1 Å². The molecule has 3 heteroatoms. The third kappa shape index (κ3) is 12.2. The molecule has 0 aliphatic rings. The largest absolute Gasteiger partial charge is 2.00 e. The molecule has 0 aromatic rings. The summed E-state index contributed by atoms with van der Waals surface area (Å²) in [5, 5.41) is 0. The van der Waals surface area contributed by atoms with Gasteiger partial charge in [0, 0.05) is 8.80 Å². The molecule has 0 heterocycles. The van der Waals surface area contributed by atoms with E-state index < -0.39 is 0 Å². The van der Waals surface area contributed by atoms with Crippen LogP contribution in [0, 0.1) is 7.43 Å². The average Bonchev–Trinajstić information content (AvgIpc) is 1.72. The fourth-order valence-corrected chi connectivity index (χ4v) is 2.25. The van der Waals surface area contributed by atoms with Crippen molar-refractivity contribution < 1.29 is 17.0 Å². The van der Waals surface area contributed by atoms with E-state index in [2.05, 4.69) is 20.8 Å². The van der Waals surface area contributed by atoms with Crippen LogP contribution in [0.3, 0.4) is 0 Å². The second kappa shape index (κ2) is 16.8. The molecule has 0 N–H and O–H groups in total. The summed E-state index contributed by atoms with van der Waals surface area (Å²) >= 11 is 0. The Morgan fingerprint density at radius 3 is 1.10 bits per heavy atom. The maximum atomic E-state index is 2.31. The monoisotopic (exact) mass is 233 g/mol. The minimum atomic E-state index is 0. The summed E-state index contributed by atoms with van der Waals surface area (Å²) < 4.78 is 0. The van der Waals surface area contributed by atoms with Crippen molar-refractivity contribution in [1.82, 2.24) is 0 Å². The van der Waals surface area contributed by atoms with Crippen molar-refractivity contribution in [2.24, 2.45) is 0 Å². The van der Waals surface area contributed by atoms with Crippen LogP contribution in [0.1, 0.15) is 20.8 Å². The van der Waals surface area contributed by atoms with E-state index >= 15 is 0 Å². The van der Waals surface area contributed by atoms with E-state index in [-0.39, 0.29) is 56.3 Å². The second-order valence-corrected chi connectivity index (χ2v) is 5.43. The van der Waals surface area contributed by atoms with Gasteiger partial charge in [-0.1, -0.05) is 38.9 Å². The first-order valence-electron chi connectivity index (χ1n) is 3.18. The molecular formula is C7H18BrMgSi. The quantitative estimate of drug-likeness (QED) is 0.461. The van der Waals surface area contributed by atoms with Gasteiger partial charge in [-0.05, 0) is 0 Å². The maximum absolute atomic E-state index is 2.31. The van der Waals surface area contributed by atoms with Crippen molar-refractivity contribution in [1.29, 1.82) is 0 Å². The van der Waals surface area contributed by atoms with E-state index in [9.17, 15) is 0 Å². The summed E-state index contributed by atoms with van der Waals surface area (Å²) in [6.45, 7) is 6.92. The standard InChI is InChI=1S/C6H15Si.CH3.BrH.Mg/c1-4-7(5-2)6-3;;;/h4-6H2,1-3H3;1H3;1H;/q;-1;;+2/p-1. The number of hydrogen-bond acceptors (Lipinski definition) is 0. The Hall–Kier alpha value is 1.46. The first-order chi connectivity index (χ1) is 3.35. The first kappa shape index (κ1) is 22.5. The van der Waals surface area contributed by atoms with Gasteiger partial charge in [0.25, 0.3) is 0 Å². The van der Waals surface area contributed by atoms with E-state index in [1.807, 2.05) is 0 Å². The Balaban J connectivity index is -0.0000000600. The van der Waals surface area contributed by atoms with Gasteiger partial charge in [-0.2, -0.15) is 0 Å². The second-order valence-electron chi connectivity index (χ2n) is 1.81. The van der Waals surface area contributed by atoms with Gasteiger partial charge in [0.05, 0.1) is 0 Å². The summed E-state index contributed by atoms with van der Waals surface area (Å²) in [6, 6.07) is 4.37. The molecular weight excluding hydrogens is 216 g/mol. The first-order valence-corrected chi connectivity index (χ1v) is 5.30. The Labute approximate surface area is 94.7 Å². The third-order valence-corrected chi connectivity index (χ3v) is 4.50. The topological polar surface area (TPSA) is 0 Å². The van der Waals surface area contributed by atoms with E-state index in [0.29, 0.717) is 0 Å². The molecule has 0 fully saturated rings. The van der Waals surface area contributed by atoms with E-state index in [1.165, 1.54) is 18.1 Å². The molecule has 0 aliphatic carbocycles. The van der Waals surface area contributed by atoms with Gasteiger partial charge in [0.2, 0.25) is 0 Å². The van der Waals surface area contributed by atoms with Crippen LogP contribution in [-0.4, -0.2) is 31.8 Å². The molecule has 10 heavy (non-hydrogen) atoms. The van der Waals surface area contributed by atoms with Gasteiger partial charge in [-0.15, -0.1) is 0 Å². The van der Waals surface area contributed by atoms with Crippen LogP contribution in [0.5, 0.6) is 0 Å². The minimum Gasteiger partial charge on any atom is -1.00 e. The van der Waals surface area contributed by atoms with Crippen LogP contribution in [0.15, 0.2) is 0 Å². The molecule has 0 amide bonds. The average molecular weight is 235 g/mol. The molecule has 0 saturated heterocycles. The van der Waals surface area contributed by atoms with Crippen LogP contribution >= 0.6 is 0 Å². The summed E-state index contributed by atoms with van der Waals surface area (Å²) in [7, 11) is 0.137. The molecule has 0 aliphatic heterocycles. The normalized spacial score (nSPS) is 7.20. The van der Waals surface area contributed by atoms with Crippen molar-refractivity contribution in [2.75, 3.05) is 0 Å². The van der Waals surface area contributed by atoms with Crippen LogP contribution in [0.2, 0.25) is 18.1 Å². The Morgan fingerprint density at radius 2 is 1.10 bits per heavy atom. The van der Waals surface area contributed by atoms with Crippen molar-refractivity contribution in [3.8, 4) is 0 Å². The smallest absolute Gasteiger partial charge is 1.00 e. The molecule has 0 saturated carbocycles. The summed E-state index contributed by atoms with van der Waals surface area (Å²) in [5.41, 5.74) is 0. The van der Waals surface area contributed by atoms with Gasteiger partial charge in [-0.3, -0.25) is 0 Å². The van der Waals surface area contributed by atoms with Gasteiger partial charge in [-0.25, -0.2) is 0 Å². The SMILES string of the molecule is CC[Si](CC)CC.[Br-].[CH3-].[Mg+2]. The van der Waals surface area contributed by atoms with Crippen LogP contribution in [0.4, 0.5) is 0 Å². The van der Waals surface area contributed by atoms with Gasteiger partial charge in [0.1, 0.15) is 0 Å². The third-order valence-electron chi connectivity index (χ3n) is 1.50. The zero-order chi connectivity index (χ0) is 5.70. The fourth-order valence-electron chi connectivity index (χ4n) is 0.750. The summed E-state index contributed by atoms with van der Waals surface area (Å²) in [4.78, 5) is 0. The number of rotatable bonds is 3. The molecule has 0 atom stereocenters. The molecule has 0 aromatic heterocycles. The predicted octanol–water partition coefficient (Wildman–Crippen LogP) is -0.386. The molecule has 0 unspecified atom stereocenters. The van der Waals surface area contributed by atoms with Crippen LogP contribution in [0.25, 0.3) is 0 Å². The van der Waals surface area contributed by atoms with E-state index in [4.69, 9.17) is 0 Å². The van der Waals surface area contributed by atoms with Gasteiger partial charge in [0.15, 0.2) is 0 Å². The Bertz CT molecular complexity index is 35.1. The zero-order valence-electron chi connectivity index (χ0n) is 7.71. The van der Waals surface area contributed by atoms with Crippen LogP contribution in [-0.2, 0) is 0 Å². The molecule has 0 spiro atoms. The Kier molecular flexibility index (Phi) is 37.9. The van der Waals surface area contributed by atoms with E-state index in [0.717, 1.165) is 0 Å². The predicted molar refractivity (Wildman–Crippen MR) is 49.4 cm³/mol. The molecule has 0 nitrogen and oxygen atoms in total. The van der Waals surface area contributed by atoms with Crippen molar-refractivity contribution in [3.63, 3.8) is 0 Å². The minimum absolute atomic E-state index is 0. The van der Waals surface area contributed by atoms with Gasteiger partial charge < -0.3 is 24.4 Å². The number of halogens is 1.